The fourth-order valence-electron chi connectivity index (χ4n) is 7.46. The molecule has 0 saturated heterocycles. The number of hydrogen-bond acceptors (Lipinski definition) is 2. The molecule has 5 nitrogen and oxygen atoms in total. The predicted molar refractivity (Wildman–Crippen MR) is 202 cm³/mol. The molecule has 230 valence electrons. The van der Waals surface area contributed by atoms with Gasteiger partial charge in [-0.05, 0) is 88.8 Å². The minimum atomic E-state index is 0.527. The van der Waals surface area contributed by atoms with Crippen LogP contribution in [0, 0.1) is 29.2 Å². The highest BCUT2D eigenvalue weighted by atomic mass is 15.0. The van der Waals surface area contributed by atoms with Gasteiger partial charge in [-0.15, -0.1) is 0 Å². The second kappa shape index (κ2) is 11.4. The van der Waals surface area contributed by atoms with Crippen molar-refractivity contribution in [2.75, 3.05) is 0 Å². The van der Waals surface area contributed by atoms with Crippen molar-refractivity contribution >= 4 is 49.3 Å². The van der Waals surface area contributed by atoms with Crippen molar-refractivity contribution in [3.05, 3.63) is 174 Å². The van der Waals surface area contributed by atoms with Crippen molar-refractivity contribution < 1.29 is 0 Å². The van der Waals surface area contributed by atoms with E-state index >= 15 is 0 Å². The lowest BCUT2D eigenvalue weighted by molar-refractivity contribution is 1.18. The average Bonchev–Trinajstić information content (AvgIpc) is 3.69. The van der Waals surface area contributed by atoms with Gasteiger partial charge in [0.15, 0.2) is 5.69 Å². The summed E-state index contributed by atoms with van der Waals surface area (Å²) in [5.74, 6) is 0. The largest absolute Gasteiger partial charge is 0.309 e. The maximum absolute atomic E-state index is 10.5. The lowest BCUT2D eigenvalue weighted by Gasteiger charge is -2.18. The molecule has 2 aromatic heterocycles. The van der Waals surface area contributed by atoms with Crippen LogP contribution in [0.3, 0.4) is 0 Å². The maximum atomic E-state index is 10.5. The molecule has 0 unspecified atom stereocenters. The molecule has 0 fully saturated rings. The van der Waals surface area contributed by atoms with Crippen LogP contribution in [0.4, 0.5) is 5.69 Å². The van der Waals surface area contributed by atoms with E-state index in [1.165, 1.54) is 10.8 Å². The summed E-state index contributed by atoms with van der Waals surface area (Å²) in [6.07, 6.45) is 0. The van der Waals surface area contributed by atoms with E-state index in [9.17, 15) is 10.5 Å². The molecular formula is C45H25N5. The van der Waals surface area contributed by atoms with Crippen molar-refractivity contribution in [1.82, 2.24) is 9.13 Å². The molecule has 0 aliphatic heterocycles. The summed E-state index contributed by atoms with van der Waals surface area (Å²) >= 11 is 0. The van der Waals surface area contributed by atoms with Gasteiger partial charge in [0.2, 0.25) is 0 Å². The normalized spacial score (nSPS) is 11.1. The quantitative estimate of drug-likeness (QED) is 0.181. The summed E-state index contributed by atoms with van der Waals surface area (Å²) in [5, 5.41) is 24.4. The van der Waals surface area contributed by atoms with Gasteiger partial charge >= 0.3 is 0 Å². The second-order valence-electron chi connectivity index (χ2n) is 12.3. The van der Waals surface area contributed by atoms with Crippen LogP contribution in [0.1, 0.15) is 11.1 Å². The molecule has 0 aliphatic carbocycles. The van der Waals surface area contributed by atoms with Crippen molar-refractivity contribution in [3.8, 4) is 45.8 Å². The lowest BCUT2D eigenvalue weighted by Crippen LogP contribution is -2.00. The molecule has 2 heterocycles. The third-order valence-corrected chi connectivity index (χ3v) is 9.62. The van der Waals surface area contributed by atoms with Crippen molar-refractivity contribution in [3.63, 3.8) is 0 Å². The van der Waals surface area contributed by atoms with E-state index in [1.54, 1.807) is 0 Å². The first-order chi connectivity index (χ1) is 24.7. The van der Waals surface area contributed by atoms with Crippen LogP contribution < -0.4 is 0 Å². The number of fused-ring (bicyclic) bond motifs is 6. The summed E-state index contributed by atoms with van der Waals surface area (Å²) in [7, 11) is 0. The van der Waals surface area contributed by atoms with E-state index in [2.05, 4.69) is 111 Å². The highest BCUT2D eigenvalue weighted by Gasteiger charge is 2.21. The molecule has 7 aromatic carbocycles. The van der Waals surface area contributed by atoms with Gasteiger partial charge in [-0.3, -0.25) is 0 Å². The molecule has 0 saturated carbocycles. The zero-order chi connectivity index (χ0) is 33.8. The van der Waals surface area contributed by atoms with E-state index in [1.807, 2.05) is 66.7 Å². The summed E-state index contributed by atoms with van der Waals surface area (Å²) in [4.78, 5) is 3.67. The molecule has 0 aliphatic rings. The van der Waals surface area contributed by atoms with Crippen molar-refractivity contribution in [1.29, 1.82) is 10.5 Å². The van der Waals surface area contributed by atoms with Gasteiger partial charge in [-0.2, -0.15) is 10.5 Å². The summed E-state index contributed by atoms with van der Waals surface area (Å²) in [6, 6.07) is 55.7. The minimum Gasteiger partial charge on any atom is -0.309 e. The van der Waals surface area contributed by atoms with Gasteiger partial charge in [0.05, 0.1) is 57.6 Å². The van der Waals surface area contributed by atoms with Gasteiger partial charge in [-0.1, -0.05) is 84.9 Å². The molecule has 0 bridgehead atoms. The molecule has 0 radical (unpaired) electrons. The van der Waals surface area contributed by atoms with Gasteiger partial charge in [-0.25, -0.2) is 4.85 Å². The highest BCUT2D eigenvalue weighted by Crippen LogP contribution is 2.42. The van der Waals surface area contributed by atoms with Crippen LogP contribution >= 0.6 is 0 Å². The van der Waals surface area contributed by atoms with E-state index in [-0.39, 0.29) is 0 Å². The fourth-order valence-corrected chi connectivity index (χ4v) is 7.46. The minimum absolute atomic E-state index is 0.527. The van der Waals surface area contributed by atoms with Crippen LogP contribution in [0.5, 0.6) is 0 Å². The molecule has 0 N–H and O–H groups in total. The zero-order valence-electron chi connectivity index (χ0n) is 26.7. The lowest BCUT2D eigenvalue weighted by atomic mass is 9.90. The van der Waals surface area contributed by atoms with E-state index in [0.717, 1.165) is 66.5 Å². The van der Waals surface area contributed by atoms with Gasteiger partial charge in [0, 0.05) is 27.4 Å². The molecule has 50 heavy (non-hydrogen) atoms. The Kier molecular flexibility index (Phi) is 6.56. The van der Waals surface area contributed by atoms with Crippen LogP contribution in [-0.2, 0) is 0 Å². The SMILES string of the molecule is [C-]#[N+]c1ccc2c(c1)c1cc(C#N)ccc1n2-c1cccc(C#N)c1-c1ccccc1-c1ccc(-n2c3ccccc3c3ccccc32)cc1. The first-order valence-corrected chi connectivity index (χ1v) is 16.3. The Bertz CT molecular complexity index is 2830. The third-order valence-electron chi connectivity index (χ3n) is 9.62. The number of hydrogen-bond donors (Lipinski definition) is 0. The molecule has 0 amide bonds. The first kappa shape index (κ1) is 28.8. The predicted octanol–water partition coefficient (Wildman–Crippen LogP) is 11.5. The molecule has 0 atom stereocenters. The zero-order valence-corrected chi connectivity index (χ0v) is 26.7. The van der Waals surface area contributed by atoms with E-state index in [4.69, 9.17) is 6.57 Å². The molecular weight excluding hydrogens is 611 g/mol. The number of nitriles is 2. The Hall–Kier alpha value is -7.39. The first-order valence-electron chi connectivity index (χ1n) is 16.3. The topological polar surface area (TPSA) is 61.8 Å². The summed E-state index contributed by atoms with van der Waals surface area (Å²) in [5.41, 5.74) is 11.4. The van der Waals surface area contributed by atoms with Crippen LogP contribution in [0.2, 0.25) is 0 Å². The highest BCUT2D eigenvalue weighted by molar-refractivity contribution is 6.12. The Balaban J connectivity index is 1.25. The number of benzene rings is 7. The Labute approximate surface area is 288 Å². The Morgan fingerprint density at radius 1 is 0.500 bits per heavy atom. The molecule has 5 heteroatoms. The maximum Gasteiger partial charge on any atom is 0.188 e. The summed E-state index contributed by atoms with van der Waals surface area (Å²) < 4.78 is 4.46. The monoisotopic (exact) mass is 635 g/mol. The average molecular weight is 636 g/mol. The second-order valence-corrected chi connectivity index (χ2v) is 12.3. The number of rotatable bonds is 4. The van der Waals surface area contributed by atoms with Gasteiger partial charge < -0.3 is 9.13 Å². The van der Waals surface area contributed by atoms with Crippen molar-refractivity contribution in [2.24, 2.45) is 0 Å². The third kappa shape index (κ3) is 4.31. The van der Waals surface area contributed by atoms with Crippen LogP contribution in [0.15, 0.2) is 152 Å². The Morgan fingerprint density at radius 2 is 1.12 bits per heavy atom. The Morgan fingerprint density at radius 3 is 1.80 bits per heavy atom. The number of para-hydroxylation sites is 2. The van der Waals surface area contributed by atoms with Gasteiger partial charge in [0.1, 0.15) is 0 Å². The van der Waals surface area contributed by atoms with Crippen molar-refractivity contribution in [2.45, 2.75) is 0 Å². The smallest absolute Gasteiger partial charge is 0.188 e. The number of aromatic nitrogens is 2. The molecule has 0 spiro atoms. The number of nitrogens with zero attached hydrogens (tertiary/aromatic N) is 5. The van der Waals surface area contributed by atoms with Gasteiger partial charge in [0.25, 0.3) is 0 Å². The molecule has 9 aromatic rings. The molecule has 9 rings (SSSR count). The van der Waals surface area contributed by atoms with Crippen LogP contribution in [0.25, 0.3) is 82.1 Å². The van der Waals surface area contributed by atoms with E-state index in [0.29, 0.717) is 16.8 Å². The van der Waals surface area contributed by atoms with Crippen LogP contribution in [-0.4, -0.2) is 9.13 Å². The fraction of sp³-hybridized carbons (Fsp3) is 0. The standard InChI is InChI=1S/C45H25N5/c1-48-32-20-24-43-39(26-32)38-25-29(27-46)17-23-42(38)50(43)44-16-8-9-31(28-47)45(44)37-13-3-2-10-34(37)30-18-21-33(22-19-30)49-40-14-6-4-11-35(40)36-12-5-7-15-41(36)49/h2-26H. The summed E-state index contributed by atoms with van der Waals surface area (Å²) in [6.45, 7) is 7.63. The van der Waals surface area contributed by atoms with E-state index < -0.39 is 0 Å².